The zero-order valence-electron chi connectivity index (χ0n) is 8.09. The van der Waals surface area contributed by atoms with Gasteiger partial charge in [0.15, 0.2) is 0 Å². The molecule has 74 valence electrons. The van der Waals surface area contributed by atoms with Gasteiger partial charge >= 0.3 is 0 Å². The van der Waals surface area contributed by atoms with Crippen molar-refractivity contribution in [3.63, 3.8) is 0 Å². The second kappa shape index (κ2) is 6.89. The van der Waals surface area contributed by atoms with Gasteiger partial charge in [-0.25, -0.2) is 4.84 Å². The lowest BCUT2D eigenvalue weighted by Crippen LogP contribution is -3.06. The van der Waals surface area contributed by atoms with Gasteiger partial charge < -0.3 is 12.4 Å². The molecule has 1 aromatic carbocycles. The molecule has 0 aliphatic carbocycles. The molecule has 0 fully saturated rings. The molecule has 1 N–H and O–H groups in total. The highest BCUT2D eigenvalue weighted by atomic mass is 35.5. The molecule has 2 nitrogen and oxygen atoms in total. The van der Waals surface area contributed by atoms with Crippen LogP contribution in [-0.4, -0.2) is 13.7 Å². The first-order valence-electron chi connectivity index (χ1n) is 4.32. The number of hydrogen-bond donors (Lipinski definition) is 1. The largest absolute Gasteiger partial charge is 1.00 e. The highest BCUT2D eigenvalue weighted by molar-refractivity contribution is 5.12. The van der Waals surface area contributed by atoms with E-state index in [0.717, 1.165) is 18.2 Å². The molecule has 1 aromatic rings. The van der Waals surface area contributed by atoms with E-state index in [-0.39, 0.29) is 12.4 Å². The fraction of sp³-hybridized carbons (Fsp3) is 0.400. The third-order valence-corrected chi connectivity index (χ3v) is 1.69. The van der Waals surface area contributed by atoms with Gasteiger partial charge in [-0.1, -0.05) is 30.3 Å². The normalized spacial score (nSPS) is 11.8. The fourth-order valence-corrected chi connectivity index (χ4v) is 1.18. The predicted molar refractivity (Wildman–Crippen MR) is 48.7 cm³/mol. The average molecular weight is 202 g/mol. The third-order valence-electron chi connectivity index (χ3n) is 1.69. The van der Waals surface area contributed by atoms with Crippen molar-refractivity contribution in [3.05, 3.63) is 35.9 Å². The summed E-state index contributed by atoms with van der Waals surface area (Å²) in [6, 6.07) is 10.4. The van der Waals surface area contributed by atoms with Crippen molar-refractivity contribution in [2.75, 3.05) is 13.7 Å². The number of hydrogen-bond acceptors (Lipinski definition) is 1. The van der Waals surface area contributed by atoms with E-state index in [1.165, 1.54) is 5.56 Å². The zero-order chi connectivity index (χ0) is 8.81. The highest BCUT2D eigenvalue weighted by Crippen LogP contribution is 1.94. The van der Waals surface area contributed by atoms with Gasteiger partial charge in [-0.2, -0.15) is 5.06 Å². The van der Waals surface area contributed by atoms with Gasteiger partial charge in [0, 0.05) is 5.56 Å². The maximum atomic E-state index is 5.36. The number of hydroxylamine groups is 2. The van der Waals surface area contributed by atoms with Crippen LogP contribution >= 0.6 is 0 Å². The summed E-state index contributed by atoms with van der Waals surface area (Å²) in [5, 5.41) is 1.09. The maximum Gasteiger partial charge on any atom is 0.132 e. The van der Waals surface area contributed by atoms with E-state index < -0.39 is 0 Å². The Balaban J connectivity index is 0.00000144. The van der Waals surface area contributed by atoms with Crippen LogP contribution in [0.2, 0.25) is 0 Å². The van der Waals surface area contributed by atoms with E-state index in [1.807, 2.05) is 20.0 Å². The van der Waals surface area contributed by atoms with Crippen LogP contribution in [0.3, 0.4) is 0 Å². The summed E-state index contributed by atoms with van der Waals surface area (Å²) < 4.78 is 0. The first-order valence-corrected chi connectivity index (χ1v) is 4.32. The molecular weight excluding hydrogens is 186 g/mol. The molecule has 0 aliphatic rings. The summed E-state index contributed by atoms with van der Waals surface area (Å²) in [6.07, 6.45) is 0. The molecule has 0 heterocycles. The predicted octanol–water partition coefficient (Wildman–Crippen LogP) is -2.34. The molecule has 0 amide bonds. The molecule has 0 radical (unpaired) electrons. The van der Waals surface area contributed by atoms with Crippen LogP contribution in [-0.2, 0) is 11.4 Å². The van der Waals surface area contributed by atoms with Crippen molar-refractivity contribution in [3.8, 4) is 0 Å². The highest BCUT2D eigenvalue weighted by Gasteiger charge is 2.01. The first kappa shape index (κ1) is 12.4. The minimum absolute atomic E-state index is 0. The molecule has 0 spiro atoms. The Bertz CT molecular complexity index is 215. The van der Waals surface area contributed by atoms with Crippen molar-refractivity contribution in [2.24, 2.45) is 0 Å². The number of rotatable bonds is 4. The molecule has 0 bridgehead atoms. The molecule has 1 rings (SSSR count). The molecule has 13 heavy (non-hydrogen) atoms. The molecule has 1 atom stereocenters. The van der Waals surface area contributed by atoms with Crippen LogP contribution in [0, 0.1) is 0 Å². The van der Waals surface area contributed by atoms with Crippen LogP contribution in [0.25, 0.3) is 0 Å². The lowest BCUT2D eigenvalue weighted by molar-refractivity contribution is -1.09. The molecular formula is C10H16ClNO. The summed E-state index contributed by atoms with van der Waals surface area (Å²) in [7, 11) is 2.02. The van der Waals surface area contributed by atoms with Crippen LogP contribution in [0.4, 0.5) is 0 Å². The van der Waals surface area contributed by atoms with E-state index in [4.69, 9.17) is 4.84 Å². The maximum absolute atomic E-state index is 5.36. The van der Waals surface area contributed by atoms with Gasteiger partial charge in [0.05, 0.1) is 7.05 Å². The standard InChI is InChI=1S/C10H15NO.ClH/c1-3-12-11(2)9-10-7-5-4-6-8-10;/h4-8H,3,9H2,1-2H3;1H. The van der Waals surface area contributed by atoms with Gasteiger partial charge in [0.25, 0.3) is 0 Å². The second-order valence-corrected chi connectivity index (χ2v) is 2.80. The Morgan fingerprint density at radius 1 is 1.23 bits per heavy atom. The van der Waals surface area contributed by atoms with Gasteiger partial charge in [-0.3, -0.25) is 0 Å². The molecule has 0 aliphatic heterocycles. The van der Waals surface area contributed by atoms with E-state index in [2.05, 4.69) is 24.3 Å². The van der Waals surface area contributed by atoms with Crippen LogP contribution in [0.15, 0.2) is 30.3 Å². The Labute approximate surface area is 85.9 Å². The van der Waals surface area contributed by atoms with Gasteiger partial charge in [0.2, 0.25) is 0 Å². The molecule has 1 unspecified atom stereocenters. The Morgan fingerprint density at radius 2 is 1.85 bits per heavy atom. The minimum atomic E-state index is 0. The van der Waals surface area contributed by atoms with Crippen LogP contribution in [0.1, 0.15) is 12.5 Å². The Hall–Kier alpha value is -0.570. The Morgan fingerprint density at radius 3 is 2.38 bits per heavy atom. The molecule has 3 heteroatoms. The van der Waals surface area contributed by atoms with Crippen molar-refractivity contribution in [2.45, 2.75) is 13.5 Å². The molecule has 0 saturated carbocycles. The van der Waals surface area contributed by atoms with E-state index in [0.29, 0.717) is 0 Å². The van der Waals surface area contributed by atoms with Crippen molar-refractivity contribution < 1.29 is 22.3 Å². The summed E-state index contributed by atoms with van der Waals surface area (Å²) >= 11 is 0. The van der Waals surface area contributed by atoms with Gasteiger partial charge in [-0.05, 0) is 6.92 Å². The van der Waals surface area contributed by atoms with Crippen LogP contribution < -0.4 is 17.5 Å². The summed E-state index contributed by atoms with van der Waals surface area (Å²) in [4.78, 5) is 5.36. The average Bonchev–Trinajstić information content (AvgIpc) is 2.06. The van der Waals surface area contributed by atoms with Crippen molar-refractivity contribution in [1.82, 2.24) is 0 Å². The number of benzene rings is 1. The Kier molecular flexibility index (Phi) is 6.59. The molecule has 0 aromatic heterocycles. The zero-order valence-corrected chi connectivity index (χ0v) is 8.84. The number of quaternary nitrogens is 1. The lowest BCUT2D eigenvalue weighted by Gasteiger charge is -2.10. The van der Waals surface area contributed by atoms with E-state index in [1.54, 1.807) is 0 Å². The number of halogens is 1. The summed E-state index contributed by atoms with van der Waals surface area (Å²) in [5.41, 5.74) is 1.31. The number of nitrogens with one attached hydrogen (secondary N) is 1. The van der Waals surface area contributed by atoms with Gasteiger partial charge in [0.1, 0.15) is 13.2 Å². The first-order chi connectivity index (χ1) is 5.83. The quantitative estimate of drug-likeness (QED) is 0.539. The fourth-order valence-electron chi connectivity index (χ4n) is 1.18. The van der Waals surface area contributed by atoms with Crippen molar-refractivity contribution in [1.29, 1.82) is 0 Å². The third kappa shape index (κ3) is 4.88. The van der Waals surface area contributed by atoms with E-state index in [9.17, 15) is 0 Å². The molecule has 0 saturated heterocycles. The van der Waals surface area contributed by atoms with Crippen LogP contribution in [0.5, 0.6) is 0 Å². The monoisotopic (exact) mass is 201 g/mol. The van der Waals surface area contributed by atoms with Gasteiger partial charge in [-0.15, -0.1) is 0 Å². The smallest absolute Gasteiger partial charge is 0.132 e. The van der Waals surface area contributed by atoms with Crippen molar-refractivity contribution >= 4 is 0 Å². The summed E-state index contributed by atoms with van der Waals surface area (Å²) in [6.45, 7) is 3.70. The second-order valence-electron chi connectivity index (χ2n) is 2.80. The van der Waals surface area contributed by atoms with E-state index >= 15 is 0 Å². The SMILES string of the molecule is CCO[NH+](C)Cc1ccccc1.[Cl-]. The lowest BCUT2D eigenvalue weighted by atomic mass is 10.2. The topological polar surface area (TPSA) is 13.7 Å². The summed E-state index contributed by atoms with van der Waals surface area (Å²) in [5.74, 6) is 0. The minimum Gasteiger partial charge on any atom is -1.00 e.